The Labute approximate surface area is 306 Å². The number of ether oxygens (including phenoxy) is 3. The number of rotatable bonds is 10. The van der Waals surface area contributed by atoms with Gasteiger partial charge in [-0.25, -0.2) is 0 Å². The fraction of sp³-hybridized carbons (Fsp3) is 0.189. The quantitative estimate of drug-likeness (QED) is 0.0494. The van der Waals surface area contributed by atoms with Gasteiger partial charge >= 0.3 is 5.91 Å². The average molecular weight is 747 g/mol. The molecular weight excluding hydrogens is 717 g/mol. The number of benzene rings is 4. The van der Waals surface area contributed by atoms with Crippen molar-refractivity contribution in [2.75, 3.05) is 12.0 Å². The lowest BCUT2D eigenvalue weighted by molar-refractivity contribution is -0.132. The van der Waals surface area contributed by atoms with E-state index >= 15 is 0 Å². The van der Waals surface area contributed by atoms with Crippen LogP contribution in [0.5, 0.6) is 17.2 Å². The first-order valence-corrected chi connectivity index (χ1v) is 18.1. The van der Waals surface area contributed by atoms with Crippen molar-refractivity contribution in [3.63, 3.8) is 0 Å². The zero-order valence-corrected chi connectivity index (χ0v) is 29.9. The van der Waals surface area contributed by atoms with Gasteiger partial charge in [-0.2, -0.15) is 0 Å². The van der Waals surface area contributed by atoms with Crippen molar-refractivity contribution in [2.24, 2.45) is 0 Å². The molecule has 50 heavy (non-hydrogen) atoms. The number of anilines is 1. The van der Waals surface area contributed by atoms with E-state index < -0.39 is 17.7 Å². The van der Waals surface area contributed by atoms with E-state index in [4.69, 9.17) is 37.4 Å². The van der Waals surface area contributed by atoms with E-state index in [9.17, 15) is 14.7 Å². The Morgan fingerprint density at radius 1 is 1.02 bits per heavy atom. The summed E-state index contributed by atoms with van der Waals surface area (Å²) in [6, 6.07) is 24.3. The number of aliphatic hydroxyl groups excluding tert-OH is 1. The predicted molar refractivity (Wildman–Crippen MR) is 195 cm³/mol. The Morgan fingerprint density at radius 3 is 2.62 bits per heavy atom. The summed E-state index contributed by atoms with van der Waals surface area (Å²) in [4.78, 5) is 29.0. The second kappa shape index (κ2) is 14.4. The minimum absolute atomic E-state index is 0.0109. The molecule has 9 nitrogen and oxygen atoms in total. The standard InChI is InChI=1S/C37H29Cl2N3O6S2/c1-20-14-25-15-23(10-12-28(25)48-20)33(43)31-32(22-9-13-29(30(16-22)46-2)47-18-21-6-4-3-5-7-21)42(35(45)34(31)44)36-40-41-37(50-36)49-19-24-8-11-26(38)17-27(24)39/h3-13,15-17,20,32,43H,14,18-19H2,1-2H3/b33-31+. The molecule has 0 spiro atoms. The number of amides is 1. The summed E-state index contributed by atoms with van der Waals surface area (Å²) < 4.78 is 18.2. The van der Waals surface area contributed by atoms with Gasteiger partial charge in [0.1, 0.15) is 24.2 Å². The number of fused-ring (bicyclic) bond motifs is 1. The molecule has 1 N–H and O–H groups in total. The molecule has 0 aliphatic carbocycles. The maximum Gasteiger partial charge on any atom is 0.301 e. The molecule has 7 rings (SSSR count). The number of hydrogen-bond donors (Lipinski definition) is 1. The summed E-state index contributed by atoms with van der Waals surface area (Å²) in [7, 11) is 1.51. The molecule has 1 amide bonds. The number of aromatic nitrogens is 2. The summed E-state index contributed by atoms with van der Waals surface area (Å²) in [6.07, 6.45) is 0.644. The molecular formula is C37H29Cl2N3O6S2. The summed E-state index contributed by atoms with van der Waals surface area (Å²) in [5.41, 5.74) is 3.55. The molecule has 1 aromatic heterocycles. The SMILES string of the molecule is COc1cc(C2/C(=C(\O)c3ccc4c(c3)CC(C)O4)C(=O)C(=O)N2c2nnc(SCc3ccc(Cl)cc3Cl)s2)ccc1OCc1ccccc1. The first kappa shape index (κ1) is 33.9. The van der Waals surface area contributed by atoms with Crippen molar-refractivity contribution in [3.05, 3.63) is 128 Å². The number of Topliss-reactive ketones (excluding diaryl/α,β-unsaturated/α-hetero) is 1. The van der Waals surface area contributed by atoms with Gasteiger partial charge < -0.3 is 19.3 Å². The molecule has 2 aliphatic rings. The molecule has 4 aromatic carbocycles. The summed E-state index contributed by atoms with van der Waals surface area (Å²) in [6.45, 7) is 2.27. The molecule has 0 radical (unpaired) electrons. The third-order valence-electron chi connectivity index (χ3n) is 8.32. The highest BCUT2D eigenvalue weighted by atomic mass is 35.5. The Balaban J connectivity index is 1.26. The molecule has 3 heterocycles. The van der Waals surface area contributed by atoms with Gasteiger partial charge in [0.25, 0.3) is 5.78 Å². The van der Waals surface area contributed by atoms with Crippen LogP contribution in [0.1, 0.15) is 40.8 Å². The largest absolute Gasteiger partial charge is 0.507 e. The molecule has 1 fully saturated rings. The Bertz CT molecular complexity index is 2140. The van der Waals surface area contributed by atoms with Crippen molar-refractivity contribution >= 4 is 68.9 Å². The van der Waals surface area contributed by atoms with Crippen molar-refractivity contribution in [1.82, 2.24) is 10.2 Å². The first-order chi connectivity index (χ1) is 24.2. The number of carbonyl (C=O) groups is 2. The van der Waals surface area contributed by atoms with Crippen molar-refractivity contribution in [1.29, 1.82) is 0 Å². The topological polar surface area (TPSA) is 111 Å². The Morgan fingerprint density at radius 2 is 1.84 bits per heavy atom. The van der Waals surface area contributed by atoms with Crippen LogP contribution in [0.3, 0.4) is 0 Å². The van der Waals surface area contributed by atoms with Gasteiger partial charge in [-0.1, -0.05) is 88.8 Å². The van der Waals surface area contributed by atoms with Crippen LogP contribution >= 0.6 is 46.3 Å². The van der Waals surface area contributed by atoms with Crippen LogP contribution in [0.4, 0.5) is 5.13 Å². The van der Waals surface area contributed by atoms with E-state index in [1.165, 1.54) is 23.8 Å². The molecule has 0 bridgehead atoms. The number of aliphatic hydroxyl groups is 1. The lowest BCUT2D eigenvalue weighted by Crippen LogP contribution is -2.29. The van der Waals surface area contributed by atoms with Crippen molar-refractivity contribution < 1.29 is 28.9 Å². The van der Waals surface area contributed by atoms with Gasteiger partial charge in [0.15, 0.2) is 15.8 Å². The molecule has 254 valence electrons. The molecule has 13 heteroatoms. The van der Waals surface area contributed by atoms with Gasteiger partial charge in [-0.3, -0.25) is 14.5 Å². The number of hydrogen-bond acceptors (Lipinski definition) is 10. The number of methoxy groups -OCH3 is 1. The minimum atomic E-state index is -1.05. The van der Waals surface area contributed by atoms with Crippen LogP contribution in [0, 0.1) is 0 Å². The lowest BCUT2D eigenvalue weighted by Gasteiger charge is -2.23. The number of carbonyl (C=O) groups excluding carboxylic acids is 2. The van der Waals surface area contributed by atoms with Crippen LogP contribution in [-0.2, 0) is 28.4 Å². The minimum Gasteiger partial charge on any atom is -0.507 e. The fourth-order valence-electron chi connectivity index (χ4n) is 5.92. The van der Waals surface area contributed by atoms with Crippen LogP contribution in [0.25, 0.3) is 5.76 Å². The number of thioether (sulfide) groups is 1. The van der Waals surface area contributed by atoms with Gasteiger partial charge in [0, 0.05) is 27.8 Å². The molecule has 2 unspecified atom stereocenters. The van der Waals surface area contributed by atoms with Crippen LogP contribution < -0.4 is 19.1 Å². The van der Waals surface area contributed by atoms with Crippen LogP contribution in [0.15, 0.2) is 94.8 Å². The molecule has 5 aromatic rings. The number of ketones is 1. The summed E-state index contributed by atoms with van der Waals surface area (Å²) >= 11 is 15.0. The van der Waals surface area contributed by atoms with Crippen LogP contribution in [-0.4, -0.2) is 40.2 Å². The highest BCUT2D eigenvalue weighted by Crippen LogP contribution is 2.46. The number of nitrogens with zero attached hydrogens (tertiary/aromatic N) is 3. The van der Waals surface area contributed by atoms with E-state index in [2.05, 4.69) is 10.2 Å². The highest BCUT2D eigenvalue weighted by Gasteiger charge is 2.48. The maximum atomic E-state index is 13.9. The van der Waals surface area contributed by atoms with Gasteiger partial charge in [0.2, 0.25) is 5.13 Å². The molecule has 1 saturated heterocycles. The Kier molecular flexibility index (Phi) is 9.74. The fourth-order valence-corrected chi connectivity index (χ4v) is 8.34. The first-order valence-electron chi connectivity index (χ1n) is 15.6. The smallest absolute Gasteiger partial charge is 0.301 e. The molecule has 2 aliphatic heterocycles. The van der Waals surface area contributed by atoms with E-state index in [0.717, 1.165) is 33.8 Å². The van der Waals surface area contributed by atoms with Gasteiger partial charge in [-0.15, -0.1) is 10.2 Å². The van der Waals surface area contributed by atoms with Crippen LogP contribution in [0.2, 0.25) is 10.0 Å². The predicted octanol–water partition coefficient (Wildman–Crippen LogP) is 8.67. The molecule has 0 saturated carbocycles. The Hall–Kier alpha value is -4.55. The highest BCUT2D eigenvalue weighted by molar-refractivity contribution is 8.00. The summed E-state index contributed by atoms with van der Waals surface area (Å²) in [5, 5.41) is 21.7. The zero-order chi connectivity index (χ0) is 34.9. The van der Waals surface area contributed by atoms with Crippen molar-refractivity contribution in [2.45, 2.75) is 42.2 Å². The second-order valence-electron chi connectivity index (χ2n) is 11.7. The third kappa shape index (κ3) is 6.78. The van der Waals surface area contributed by atoms with Gasteiger partial charge in [0.05, 0.1) is 18.7 Å². The third-order valence-corrected chi connectivity index (χ3v) is 11.0. The monoisotopic (exact) mass is 745 g/mol. The van der Waals surface area contributed by atoms with E-state index in [1.807, 2.05) is 43.3 Å². The van der Waals surface area contributed by atoms with Crippen molar-refractivity contribution in [3.8, 4) is 17.2 Å². The van der Waals surface area contributed by atoms with E-state index in [1.54, 1.807) is 48.5 Å². The average Bonchev–Trinajstić information content (AvgIpc) is 3.81. The summed E-state index contributed by atoms with van der Waals surface area (Å²) in [5.74, 6) is 0.0691. The van der Waals surface area contributed by atoms with Gasteiger partial charge in [-0.05, 0) is 71.6 Å². The van der Waals surface area contributed by atoms with E-state index in [-0.39, 0.29) is 22.6 Å². The zero-order valence-electron chi connectivity index (χ0n) is 26.8. The normalized spacial score (nSPS) is 17.9. The van der Waals surface area contributed by atoms with E-state index in [0.29, 0.717) is 55.8 Å². The molecule has 2 atom stereocenters. The lowest BCUT2D eigenvalue weighted by atomic mass is 9.94. The number of halogens is 2. The maximum absolute atomic E-state index is 13.9. The second-order valence-corrected chi connectivity index (χ2v) is 14.7.